The van der Waals surface area contributed by atoms with Crippen molar-refractivity contribution in [3.05, 3.63) is 12.2 Å². The molecule has 1 unspecified atom stereocenters. The predicted octanol–water partition coefficient (Wildman–Crippen LogP) is -6.68. The van der Waals surface area contributed by atoms with Crippen molar-refractivity contribution in [2.24, 2.45) is 0 Å². The van der Waals surface area contributed by atoms with Crippen molar-refractivity contribution in [2.75, 3.05) is 6.54 Å². The molecule has 0 aromatic heterocycles. The number of carboxylic acid groups (broad SMARTS) is 2. The number of hydrogen-bond donors (Lipinski definition) is 2. The summed E-state index contributed by atoms with van der Waals surface area (Å²) >= 11 is 0. The molecule has 1 atom stereocenters. The van der Waals surface area contributed by atoms with Gasteiger partial charge in [-0.2, -0.15) is 8.42 Å². The van der Waals surface area contributed by atoms with Crippen LogP contribution in [-0.4, -0.2) is 42.1 Å². The van der Waals surface area contributed by atoms with Crippen LogP contribution in [0.4, 0.5) is 0 Å². The monoisotopic (exact) mass is 451 g/mol. The average molecular weight is 451 g/mol. The van der Waals surface area contributed by atoms with Gasteiger partial charge in [-0.3, -0.25) is 9.35 Å². The van der Waals surface area contributed by atoms with Gasteiger partial charge in [0.2, 0.25) is 5.91 Å². The average Bonchev–Trinajstić information content (AvgIpc) is 2.54. The van der Waals surface area contributed by atoms with Gasteiger partial charge in [0.25, 0.3) is 10.1 Å². The van der Waals surface area contributed by atoms with E-state index in [2.05, 4.69) is 12.2 Å². The Morgan fingerprint density at radius 3 is 2.07 bits per heavy atom. The number of amides is 1. The van der Waals surface area contributed by atoms with E-state index in [0.29, 0.717) is 6.42 Å². The predicted molar refractivity (Wildman–Crippen MR) is 93.7 cm³/mol. The molecular formula is C17H27NNa2O8S. The Morgan fingerprint density at radius 2 is 1.59 bits per heavy atom. The van der Waals surface area contributed by atoms with Gasteiger partial charge in [0.05, 0.1) is 5.97 Å². The second kappa shape index (κ2) is 17.7. The van der Waals surface area contributed by atoms with E-state index in [0.717, 1.165) is 19.3 Å². The van der Waals surface area contributed by atoms with Crippen LogP contribution in [0.5, 0.6) is 0 Å². The fourth-order valence-corrected chi connectivity index (χ4v) is 3.37. The molecule has 9 nitrogen and oxygen atoms in total. The summed E-state index contributed by atoms with van der Waals surface area (Å²) in [5.41, 5.74) is 0. The third kappa shape index (κ3) is 13.9. The molecule has 0 spiro atoms. The van der Waals surface area contributed by atoms with Crippen molar-refractivity contribution in [1.82, 2.24) is 5.32 Å². The molecule has 12 heteroatoms. The van der Waals surface area contributed by atoms with E-state index in [-0.39, 0.29) is 59.1 Å². The number of nitrogens with one attached hydrogen (secondary N) is 1. The summed E-state index contributed by atoms with van der Waals surface area (Å²) in [4.78, 5) is 33.5. The van der Waals surface area contributed by atoms with Gasteiger partial charge in [0.15, 0.2) is 0 Å². The van der Waals surface area contributed by atoms with E-state index < -0.39 is 52.1 Å². The fraction of sp³-hybridized carbons (Fsp3) is 0.706. The van der Waals surface area contributed by atoms with Crippen molar-refractivity contribution in [2.45, 2.75) is 69.5 Å². The van der Waals surface area contributed by atoms with Crippen molar-refractivity contribution < 1.29 is 96.7 Å². The first-order chi connectivity index (χ1) is 12.6. The Kier molecular flexibility index (Phi) is 20.6. The van der Waals surface area contributed by atoms with Gasteiger partial charge in [-0.05, 0) is 25.3 Å². The molecule has 0 aliphatic rings. The van der Waals surface area contributed by atoms with Gasteiger partial charge in [0, 0.05) is 18.9 Å². The first-order valence-electron chi connectivity index (χ1n) is 8.89. The van der Waals surface area contributed by atoms with Crippen LogP contribution >= 0.6 is 0 Å². The van der Waals surface area contributed by atoms with E-state index in [1.165, 1.54) is 25.3 Å². The minimum absolute atomic E-state index is 0. The Bertz CT molecular complexity index is 639. The zero-order valence-corrected chi connectivity index (χ0v) is 22.3. The van der Waals surface area contributed by atoms with E-state index in [1.54, 1.807) is 6.08 Å². The number of allylic oxidation sites excluding steroid dienone is 1. The summed E-state index contributed by atoms with van der Waals surface area (Å²) in [5, 5.41) is 24.1. The summed E-state index contributed by atoms with van der Waals surface area (Å²) in [7, 11) is -5.31. The van der Waals surface area contributed by atoms with Crippen LogP contribution in [0.1, 0.15) is 64.7 Å². The van der Waals surface area contributed by atoms with Gasteiger partial charge < -0.3 is 25.1 Å². The molecule has 0 heterocycles. The first-order valence-corrected chi connectivity index (χ1v) is 10.3. The van der Waals surface area contributed by atoms with Gasteiger partial charge in [-0.25, -0.2) is 0 Å². The summed E-state index contributed by atoms with van der Waals surface area (Å²) < 4.78 is 28.8. The van der Waals surface area contributed by atoms with E-state index in [9.17, 15) is 33.0 Å². The summed E-state index contributed by atoms with van der Waals surface area (Å²) in [5.74, 6) is -4.85. The smallest absolute Gasteiger partial charge is 0.550 e. The second-order valence-electron chi connectivity index (χ2n) is 6.31. The Hall–Kier alpha value is 0.0600. The number of carbonyl (C=O) groups is 3. The maximum Gasteiger partial charge on any atom is 1.00 e. The normalized spacial score (nSPS) is 13.0. The molecule has 0 radical (unpaired) electrons. The summed E-state index contributed by atoms with van der Waals surface area (Å²) in [6, 6.07) is 0. The van der Waals surface area contributed by atoms with E-state index >= 15 is 0 Å². The second-order valence-corrected chi connectivity index (χ2v) is 8.04. The van der Waals surface area contributed by atoms with Crippen molar-refractivity contribution in [3.8, 4) is 0 Å². The molecule has 0 rings (SSSR count). The minimum atomic E-state index is -5.31. The molecule has 0 aromatic carbocycles. The molecular weight excluding hydrogens is 424 g/mol. The molecule has 0 saturated heterocycles. The molecule has 156 valence electrons. The quantitative estimate of drug-likeness (QED) is 0.107. The van der Waals surface area contributed by atoms with Crippen molar-refractivity contribution in [1.29, 1.82) is 0 Å². The van der Waals surface area contributed by atoms with Gasteiger partial charge in [0.1, 0.15) is 4.75 Å². The maximum atomic E-state index is 11.6. The number of carbonyl (C=O) groups excluding carboxylic acids is 3. The van der Waals surface area contributed by atoms with Crippen molar-refractivity contribution in [3.63, 3.8) is 0 Å². The van der Waals surface area contributed by atoms with Gasteiger partial charge >= 0.3 is 59.1 Å². The standard InChI is InChI=1S/C17H29NO8S.2Na/c1-2-3-4-5-6-7-8-9-10-14(19)18-12-11-17(16(22)23,13-15(20)21)27(24,25)26;;/h9-10H,2-8,11-13H2,1H3,(H,18,19)(H,20,21)(H,22,23)(H,24,25,26);;/q;2*+1/p-2. The van der Waals surface area contributed by atoms with Crippen LogP contribution in [0.2, 0.25) is 0 Å². The van der Waals surface area contributed by atoms with Crippen molar-refractivity contribution >= 4 is 28.0 Å². The van der Waals surface area contributed by atoms with Crippen LogP contribution < -0.4 is 74.6 Å². The van der Waals surface area contributed by atoms with Crippen LogP contribution in [0, 0.1) is 0 Å². The minimum Gasteiger partial charge on any atom is -0.550 e. The van der Waals surface area contributed by atoms with Gasteiger partial charge in [-0.1, -0.05) is 45.1 Å². The SMILES string of the molecule is CCCCCCCCC=CC(=O)NCCC(CC(=O)[O-])(C(=O)[O-])S(=O)(=O)O.[Na+].[Na+]. The Balaban J connectivity index is -0.00000338. The van der Waals surface area contributed by atoms with E-state index in [4.69, 9.17) is 4.55 Å². The number of hydrogen-bond acceptors (Lipinski definition) is 7. The molecule has 0 fully saturated rings. The largest absolute Gasteiger partial charge is 1.00 e. The maximum absolute atomic E-state index is 11.6. The molecule has 0 aromatic rings. The summed E-state index contributed by atoms with van der Waals surface area (Å²) in [6.45, 7) is 1.65. The van der Waals surface area contributed by atoms with Crippen LogP contribution in [0.25, 0.3) is 0 Å². The number of carboxylic acids is 2. The molecule has 2 N–H and O–H groups in total. The number of rotatable bonds is 15. The van der Waals surface area contributed by atoms with Crippen LogP contribution in [-0.2, 0) is 24.5 Å². The Labute approximate surface area is 216 Å². The number of aliphatic carboxylic acids is 2. The zero-order valence-electron chi connectivity index (χ0n) is 17.4. The molecule has 0 bridgehead atoms. The first kappa shape index (κ1) is 33.7. The van der Waals surface area contributed by atoms with Crippen LogP contribution in [0.15, 0.2) is 12.2 Å². The molecule has 0 saturated carbocycles. The zero-order chi connectivity index (χ0) is 20.9. The molecule has 1 amide bonds. The molecule has 0 aliphatic heterocycles. The molecule has 29 heavy (non-hydrogen) atoms. The van der Waals surface area contributed by atoms with Gasteiger partial charge in [-0.15, -0.1) is 0 Å². The fourth-order valence-electron chi connectivity index (χ4n) is 2.50. The number of unbranched alkanes of at least 4 members (excludes halogenated alkanes) is 6. The molecule has 0 aliphatic carbocycles. The van der Waals surface area contributed by atoms with Crippen LogP contribution in [0.3, 0.4) is 0 Å². The summed E-state index contributed by atoms with van der Waals surface area (Å²) in [6.07, 6.45) is 7.87. The van der Waals surface area contributed by atoms with E-state index in [1.807, 2.05) is 0 Å². The Morgan fingerprint density at radius 1 is 1.03 bits per heavy atom. The topological polar surface area (TPSA) is 164 Å². The third-order valence-corrected chi connectivity index (χ3v) is 5.62. The third-order valence-electron chi connectivity index (χ3n) is 4.12.